The van der Waals surface area contributed by atoms with E-state index in [0.717, 1.165) is 11.6 Å². The second-order valence-corrected chi connectivity index (χ2v) is 3.80. The minimum absolute atomic E-state index is 0. The zero-order valence-corrected chi connectivity index (χ0v) is 15.0. The maximum absolute atomic E-state index is 11.4. The van der Waals surface area contributed by atoms with E-state index in [1.54, 1.807) is 6.92 Å². The van der Waals surface area contributed by atoms with E-state index in [-0.39, 0.29) is 50.5 Å². The van der Waals surface area contributed by atoms with E-state index in [1.165, 1.54) is 7.05 Å². The number of amides is 1. The average Bonchev–Trinajstić information content (AvgIpc) is 2.69. The summed E-state index contributed by atoms with van der Waals surface area (Å²) in [7, 11) is 3.43. The molecule has 101 valence electrons. The fourth-order valence-electron chi connectivity index (χ4n) is 1.46. The number of rotatable bonds is 3. The Hall–Kier alpha value is -0.286. The van der Waals surface area contributed by atoms with E-state index in [1.807, 2.05) is 32.4 Å². The monoisotopic (exact) mass is 327 g/mol. The van der Waals surface area contributed by atoms with Crippen molar-refractivity contribution >= 4 is 5.91 Å². The van der Waals surface area contributed by atoms with Crippen LogP contribution >= 0.6 is 0 Å². The van der Waals surface area contributed by atoms with Gasteiger partial charge in [0.05, 0.1) is 5.91 Å². The molecule has 18 heavy (non-hydrogen) atoms. The van der Waals surface area contributed by atoms with Crippen LogP contribution in [0.25, 0.3) is 5.32 Å². The molecule has 1 aromatic rings. The third-order valence-electron chi connectivity index (χ3n) is 2.89. The summed E-state index contributed by atoms with van der Waals surface area (Å²) in [6.07, 6.45) is 0. The van der Waals surface area contributed by atoms with Crippen molar-refractivity contribution in [3.8, 4) is 0 Å². The molecule has 6 heteroatoms. The number of aryl methyl sites for hydroxylation is 1. The Kier molecular flexibility index (Phi) is 10.7. The number of carbonyl (C=O) groups excluding carboxylic acids is 1. The van der Waals surface area contributed by atoms with E-state index < -0.39 is 0 Å². The summed E-state index contributed by atoms with van der Waals surface area (Å²) in [5, 5.41) is 11.7. The molecular weight excluding hydrogens is 305 g/mol. The first kappa shape index (κ1) is 20.0. The molecule has 0 aliphatic rings. The Balaban J connectivity index is 0. The van der Waals surface area contributed by atoms with Crippen molar-refractivity contribution < 1.29 is 37.5 Å². The summed E-state index contributed by atoms with van der Waals surface area (Å²) in [6.45, 7) is 10.7. The van der Waals surface area contributed by atoms with Crippen LogP contribution in [-0.2, 0) is 44.6 Å². The molecule has 1 amide bonds. The topological polar surface area (TPSA) is 61.9 Å². The van der Waals surface area contributed by atoms with Gasteiger partial charge in [0.25, 0.3) is 0 Å². The summed E-state index contributed by atoms with van der Waals surface area (Å²) in [5.74, 6) is 1.47. The van der Waals surface area contributed by atoms with Gasteiger partial charge in [-0.3, -0.25) is 0 Å². The van der Waals surface area contributed by atoms with Crippen molar-refractivity contribution in [2.45, 2.75) is 33.6 Å². The molecule has 0 saturated heterocycles. The van der Waals surface area contributed by atoms with Crippen LogP contribution in [0.5, 0.6) is 0 Å². The molecule has 1 aromatic heterocycles. The van der Waals surface area contributed by atoms with Crippen LogP contribution in [-0.4, -0.2) is 27.7 Å². The zero-order chi connectivity index (χ0) is 13.6. The molecule has 1 heterocycles. The largest absolute Gasteiger partial charge is 0.656 e. The van der Waals surface area contributed by atoms with Crippen molar-refractivity contribution in [1.82, 2.24) is 14.8 Å². The Morgan fingerprint density at radius 3 is 2.17 bits per heavy atom. The third kappa shape index (κ3) is 4.77. The van der Waals surface area contributed by atoms with Crippen LogP contribution in [0, 0.1) is 19.8 Å². The van der Waals surface area contributed by atoms with Crippen molar-refractivity contribution in [3.05, 3.63) is 23.9 Å². The minimum atomic E-state index is -0.155. The number of carbonyl (C=O) groups is 1. The van der Waals surface area contributed by atoms with Crippen molar-refractivity contribution in [3.63, 3.8) is 0 Å². The van der Waals surface area contributed by atoms with Crippen LogP contribution in [0.3, 0.4) is 0 Å². The molecule has 0 aromatic carbocycles. The van der Waals surface area contributed by atoms with E-state index in [4.69, 9.17) is 0 Å². The number of aromatic nitrogens is 3. The summed E-state index contributed by atoms with van der Waals surface area (Å²) in [5.41, 5.74) is 0. The third-order valence-corrected chi connectivity index (χ3v) is 2.89. The summed E-state index contributed by atoms with van der Waals surface area (Å²) >= 11 is 0. The van der Waals surface area contributed by atoms with Crippen LogP contribution < -0.4 is 0 Å². The van der Waals surface area contributed by atoms with E-state index in [9.17, 15) is 4.79 Å². The molecule has 0 fully saturated rings. The normalized spacial score (nSPS) is 12.6. The van der Waals surface area contributed by atoms with Gasteiger partial charge in [-0.2, -0.15) is 6.92 Å². The summed E-state index contributed by atoms with van der Waals surface area (Å²) in [6, 6.07) is 0. The maximum Gasteiger partial charge on any atom is 0.136 e. The zero-order valence-electron chi connectivity index (χ0n) is 12.1. The van der Waals surface area contributed by atoms with Crippen molar-refractivity contribution in [2.24, 2.45) is 13.0 Å². The molecule has 0 N–H and O–H groups in total. The average molecular weight is 327 g/mol. The Labute approximate surface area is 135 Å². The SMILES string of the molecule is C[N-]C(=O)C(C)C(C)c1nnc(C)n1C.[CH2-]C.[Y]. The van der Waals surface area contributed by atoms with Gasteiger partial charge in [0.1, 0.15) is 11.6 Å². The first-order chi connectivity index (χ1) is 7.99. The van der Waals surface area contributed by atoms with Crippen LogP contribution in [0.4, 0.5) is 0 Å². The maximum atomic E-state index is 11.4. The molecular formula is C12H22N4OY-2. The minimum Gasteiger partial charge on any atom is -0.656 e. The summed E-state index contributed by atoms with van der Waals surface area (Å²) in [4.78, 5) is 11.4. The van der Waals surface area contributed by atoms with Crippen molar-refractivity contribution in [2.75, 3.05) is 7.05 Å². The van der Waals surface area contributed by atoms with Gasteiger partial charge < -0.3 is 21.6 Å². The van der Waals surface area contributed by atoms with Gasteiger partial charge in [-0.15, -0.1) is 17.2 Å². The summed E-state index contributed by atoms with van der Waals surface area (Å²) < 4.78 is 1.91. The smallest absolute Gasteiger partial charge is 0.136 e. The fraction of sp³-hybridized carbons (Fsp3) is 0.667. The number of hydrogen-bond donors (Lipinski definition) is 0. The van der Waals surface area contributed by atoms with E-state index in [0.29, 0.717) is 0 Å². The van der Waals surface area contributed by atoms with E-state index >= 15 is 0 Å². The number of nitrogens with zero attached hydrogens (tertiary/aromatic N) is 4. The first-order valence-corrected chi connectivity index (χ1v) is 5.69. The molecule has 1 radical (unpaired) electrons. The van der Waals surface area contributed by atoms with Gasteiger partial charge in [0, 0.05) is 51.6 Å². The van der Waals surface area contributed by atoms with Gasteiger partial charge in [0.2, 0.25) is 0 Å². The molecule has 2 atom stereocenters. The molecule has 0 saturated carbocycles. The predicted molar refractivity (Wildman–Crippen MR) is 68.6 cm³/mol. The molecule has 0 spiro atoms. The molecule has 0 aliphatic carbocycles. The van der Waals surface area contributed by atoms with Gasteiger partial charge in [-0.05, 0) is 6.92 Å². The molecule has 1 rings (SSSR count). The predicted octanol–water partition coefficient (Wildman–Crippen LogP) is 2.23. The van der Waals surface area contributed by atoms with Gasteiger partial charge in [0.15, 0.2) is 0 Å². The molecule has 0 bridgehead atoms. The second-order valence-electron chi connectivity index (χ2n) is 3.80. The van der Waals surface area contributed by atoms with Crippen molar-refractivity contribution in [1.29, 1.82) is 0 Å². The van der Waals surface area contributed by atoms with Gasteiger partial charge in [-0.25, -0.2) is 0 Å². The second kappa shape index (κ2) is 9.62. The van der Waals surface area contributed by atoms with Crippen LogP contribution in [0.1, 0.15) is 38.3 Å². The van der Waals surface area contributed by atoms with Gasteiger partial charge in [-0.1, -0.05) is 13.8 Å². The first-order valence-electron chi connectivity index (χ1n) is 5.69. The standard InChI is InChI=1S/C10H18N4O.C2H5.Y/c1-6(7(2)10(15)11-4)9-13-12-8(3)14(9)5;1-2;/h6-7H,1-5H3,(H,11,15);1H2,2H3;/q;-1;/p-1. The quantitative estimate of drug-likeness (QED) is 0.800. The van der Waals surface area contributed by atoms with Crippen LogP contribution in [0.15, 0.2) is 0 Å². The Morgan fingerprint density at radius 2 is 1.83 bits per heavy atom. The molecule has 0 aliphatic heterocycles. The van der Waals surface area contributed by atoms with Gasteiger partial charge >= 0.3 is 0 Å². The molecule has 5 nitrogen and oxygen atoms in total. The molecule has 2 unspecified atom stereocenters. The fourth-order valence-corrected chi connectivity index (χ4v) is 1.46. The Bertz CT molecular complexity index is 365. The van der Waals surface area contributed by atoms with Crippen LogP contribution in [0.2, 0.25) is 0 Å². The number of hydrogen-bond acceptors (Lipinski definition) is 3. The van der Waals surface area contributed by atoms with E-state index in [2.05, 4.69) is 22.4 Å². The Morgan fingerprint density at radius 1 is 1.33 bits per heavy atom.